The Morgan fingerprint density at radius 3 is 2.94 bits per heavy atom. The van der Waals surface area contributed by atoms with Crippen LogP contribution >= 0.6 is 0 Å². The zero-order valence-electron chi connectivity index (χ0n) is 10.5. The monoisotopic (exact) mass is 245 g/mol. The highest BCUT2D eigenvalue weighted by Crippen LogP contribution is 2.26. The molecule has 4 heteroatoms. The Labute approximate surface area is 107 Å². The summed E-state index contributed by atoms with van der Waals surface area (Å²) >= 11 is 0. The first-order valence-electron chi connectivity index (χ1n) is 6.63. The van der Waals surface area contributed by atoms with Gasteiger partial charge in [-0.3, -0.25) is 0 Å². The zero-order valence-corrected chi connectivity index (χ0v) is 10.5. The summed E-state index contributed by atoms with van der Waals surface area (Å²) in [6, 6.07) is 6.36. The van der Waals surface area contributed by atoms with Gasteiger partial charge in [0, 0.05) is 19.1 Å². The van der Waals surface area contributed by atoms with Crippen LogP contribution in [0.4, 0.5) is 0 Å². The van der Waals surface area contributed by atoms with E-state index in [2.05, 4.69) is 23.2 Å². The molecule has 0 unspecified atom stereocenters. The van der Waals surface area contributed by atoms with Crippen molar-refractivity contribution in [1.29, 1.82) is 0 Å². The molecule has 2 aromatic rings. The van der Waals surface area contributed by atoms with Crippen molar-refractivity contribution in [2.24, 2.45) is 5.73 Å². The number of ether oxygens (including phenoxy) is 1. The van der Waals surface area contributed by atoms with Crippen LogP contribution in [-0.2, 0) is 11.2 Å². The molecule has 0 saturated carbocycles. The van der Waals surface area contributed by atoms with E-state index in [1.165, 1.54) is 5.56 Å². The maximum atomic E-state index is 5.59. The second-order valence-corrected chi connectivity index (χ2v) is 4.90. The highest BCUT2D eigenvalue weighted by molar-refractivity contribution is 5.76. The molecule has 0 radical (unpaired) electrons. The van der Waals surface area contributed by atoms with E-state index < -0.39 is 0 Å². The molecule has 0 bridgehead atoms. The summed E-state index contributed by atoms with van der Waals surface area (Å²) < 4.78 is 5.39. The first-order valence-corrected chi connectivity index (χ1v) is 6.63. The summed E-state index contributed by atoms with van der Waals surface area (Å²) in [4.78, 5) is 8.15. The molecule has 1 saturated heterocycles. The lowest BCUT2D eigenvalue weighted by Crippen LogP contribution is -2.15. The summed E-state index contributed by atoms with van der Waals surface area (Å²) in [7, 11) is 0. The molecule has 0 atom stereocenters. The van der Waals surface area contributed by atoms with Gasteiger partial charge in [-0.15, -0.1) is 0 Å². The molecular weight excluding hydrogens is 226 g/mol. The lowest BCUT2D eigenvalue weighted by molar-refractivity contribution is 0.0838. The standard InChI is InChI=1S/C14H19N3O/c15-6-3-10-1-2-12-13(9-10)17-14(16-12)11-4-7-18-8-5-11/h1-2,9,11H,3-8,15H2,(H,16,17). The molecule has 1 aromatic carbocycles. The SMILES string of the molecule is NCCc1ccc2nc(C3CCOCC3)[nH]c2c1. The van der Waals surface area contributed by atoms with Gasteiger partial charge >= 0.3 is 0 Å². The molecule has 2 heterocycles. The third-order valence-corrected chi connectivity index (χ3v) is 3.61. The maximum absolute atomic E-state index is 5.59. The first kappa shape index (κ1) is 11.7. The van der Waals surface area contributed by atoms with Gasteiger partial charge < -0.3 is 15.5 Å². The van der Waals surface area contributed by atoms with Gasteiger partial charge in [-0.25, -0.2) is 4.98 Å². The largest absolute Gasteiger partial charge is 0.381 e. The summed E-state index contributed by atoms with van der Waals surface area (Å²) in [6.07, 6.45) is 3.05. The zero-order chi connectivity index (χ0) is 12.4. The molecule has 3 N–H and O–H groups in total. The molecule has 1 aliphatic rings. The van der Waals surface area contributed by atoms with E-state index in [0.717, 1.165) is 49.3 Å². The van der Waals surface area contributed by atoms with Gasteiger partial charge in [-0.1, -0.05) is 6.07 Å². The summed E-state index contributed by atoms with van der Waals surface area (Å²) in [5, 5.41) is 0. The number of benzene rings is 1. The van der Waals surface area contributed by atoms with Crippen molar-refractivity contribution in [3.05, 3.63) is 29.6 Å². The molecular formula is C14H19N3O. The number of fused-ring (bicyclic) bond motifs is 1. The van der Waals surface area contributed by atoms with E-state index in [1.807, 2.05) is 0 Å². The number of H-pyrrole nitrogens is 1. The molecule has 1 aliphatic heterocycles. The van der Waals surface area contributed by atoms with Gasteiger partial charge in [0.25, 0.3) is 0 Å². The van der Waals surface area contributed by atoms with Gasteiger partial charge in [0.1, 0.15) is 5.82 Å². The minimum absolute atomic E-state index is 0.518. The van der Waals surface area contributed by atoms with Crippen molar-refractivity contribution in [3.8, 4) is 0 Å². The van der Waals surface area contributed by atoms with Gasteiger partial charge in [0.05, 0.1) is 11.0 Å². The Kier molecular flexibility index (Phi) is 3.30. The van der Waals surface area contributed by atoms with Crippen molar-refractivity contribution in [1.82, 2.24) is 9.97 Å². The Bertz CT molecular complexity index is 529. The first-order chi connectivity index (χ1) is 8.86. The van der Waals surface area contributed by atoms with Crippen LogP contribution in [0.3, 0.4) is 0 Å². The quantitative estimate of drug-likeness (QED) is 0.868. The molecule has 0 spiro atoms. The summed E-state index contributed by atoms with van der Waals surface area (Å²) in [5.41, 5.74) is 9.04. The molecule has 0 amide bonds. The van der Waals surface area contributed by atoms with Gasteiger partial charge in [0.2, 0.25) is 0 Å². The van der Waals surface area contributed by atoms with Crippen LogP contribution in [-0.4, -0.2) is 29.7 Å². The van der Waals surface area contributed by atoms with E-state index in [-0.39, 0.29) is 0 Å². The number of nitrogens with two attached hydrogens (primary N) is 1. The summed E-state index contributed by atoms with van der Waals surface area (Å²) in [5.74, 6) is 1.63. The second-order valence-electron chi connectivity index (χ2n) is 4.90. The third-order valence-electron chi connectivity index (χ3n) is 3.61. The fourth-order valence-electron chi connectivity index (χ4n) is 2.56. The van der Waals surface area contributed by atoms with Crippen molar-refractivity contribution in [2.75, 3.05) is 19.8 Å². The molecule has 18 heavy (non-hydrogen) atoms. The van der Waals surface area contributed by atoms with E-state index in [1.54, 1.807) is 0 Å². The minimum atomic E-state index is 0.518. The Morgan fingerprint density at radius 2 is 2.17 bits per heavy atom. The topological polar surface area (TPSA) is 63.9 Å². The Hall–Kier alpha value is -1.39. The van der Waals surface area contributed by atoms with Crippen LogP contribution < -0.4 is 5.73 Å². The van der Waals surface area contributed by atoms with Crippen LogP contribution in [0.2, 0.25) is 0 Å². The fourth-order valence-corrected chi connectivity index (χ4v) is 2.56. The van der Waals surface area contributed by atoms with E-state index in [9.17, 15) is 0 Å². The Morgan fingerprint density at radius 1 is 1.33 bits per heavy atom. The van der Waals surface area contributed by atoms with Crippen LogP contribution in [0.5, 0.6) is 0 Å². The highest BCUT2D eigenvalue weighted by Gasteiger charge is 2.19. The predicted molar refractivity (Wildman–Crippen MR) is 71.6 cm³/mol. The molecule has 0 aliphatic carbocycles. The van der Waals surface area contributed by atoms with Crippen LogP contribution in [0.25, 0.3) is 11.0 Å². The second kappa shape index (κ2) is 5.08. The maximum Gasteiger partial charge on any atom is 0.110 e. The van der Waals surface area contributed by atoms with Crippen LogP contribution in [0.15, 0.2) is 18.2 Å². The van der Waals surface area contributed by atoms with Crippen LogP contribution in [0, 0.1) is 0 Å². The van der Waals surface area contributed by atoms with Gasteiger partial charge in [-0.2, -0.15) is 0 Å². The number of rotatable bonds is 3. The number of hydrogen-bond donors (Lipinski definition) is 2. The smallest absolute Gasteiger partial charge is 0.110 e. The number of nitrogens with one attached hydrogen (secondary N) is 1. The number of hydrogen-bond acceptors (Lipinski definition) is 3. The average Bonchev–Trinajstić information content (AvgIpc) is 2.83. The van der Waals surface area contributed by atoms with E-state index in [4.69, 9.17) is 15.5 Å². The van der Waals surface area contributed by atoms with E-state index in [0.29, 0.717) is 12.5 Å². The van der Waals surface area contributed by atoms with Crippen molar-refractivity contribution in [2.45, 2.75) is 25.2 Å². The van der Waals surface area contributed by atoms with Gasteiger partial charge in [-0.05, 0) is 43.5 Å². The Balaban J connectivity index is 1.89. The lowest BCUT2D eigenvalue weighted by Gasteiger charge is -2.19. The summed E-state index contributed by atoms with van der Waals surface area (Å²) in [6.45, 7) is 2.38. The lowest BCUT2D eigenvalue weighted by atomic mass is 10.00. The fraction of sp³-hybridized carbons (Fsp3) is 0.500. The molecule has 96 valence electrons. The van der Waals surface area contributed by atoms with Gasteiger partial charge in [0.15, 0.2) is 0 Å². The van der Waals surface area contributed by atoms with Crippen LogP contribution in [0.1, 0.15) is 30.1 Å². The average molecular weight is 245 g/mol. The molecule has 3 rings (SSSR count). The molecule has 1 fully saturated rings. The van der Waals surface area contributed by atoms with Crippen molar-refractivity contribution >= 4 is 11.0 Å². The number of imidazole rings is 1. The van der Waals surface area contributed by atoms with E-state index >= 15 is 0 Å². The molecule has 4 nitrogen and oxygen atoms in total. The van der Waals surface area contributed by atoms with Crippen molar-refractivity contribution in [3.63, 3.8) is 0 Å². The number of aromatic amines is 1. The number of aromatic nitrogens is 2. The highest BCUT2D eigenvalue weighted by atomic mass is 16.5. The third kappa shape index (κ3) is 2.26. The van der Waals surface area contributed by atoms with Crippen molar-refractivity contribution < 1.29 is 4.74 Å². The number of nitrogens with zero attached hydrogens (tertiary/aromatic N) is 1. The predicted octanol–water partition coefficient (Wildman–Crippen LogP) is 1.96. The normalized spacial score (nSPS) is 17.4. The minimum Gasteiger partial charge on any atom is -0.381 e. The molecule has 1 aromatic heterocycles.